The first-order valence-corrected chi connectivity index (χ1v) is 10.0. The highest BCUT2D eigenvalue weighted by Gasteiger charge is 2.12. The minimum absolute atomic E-state index is 0. The van der Waals surface area contributed by atoms with E-state index in [0.717, 1.165) is 35.0 Å². The summed E-state index contributed by atoms with van der Waals surface area (Å²) in [5.41, 5.74) is 3.51. The summed E-state index contributed by atoms with van der Waals surface area (Å²) in [6.07, 6.45) is 6.88. The Labute approximate surface area is 192 Å². The highest BCUT2D eigenvalue weighted by molar-refractivity contribution is 5.93. The molecule has 4 aromatic rings. The van der Waals surface area contributed by atoms with Gasteiger partial charge in [0.15, 0.2) is 11.5 Å². The van der Waals surface area contributed by atoms with Gasteiger partial charge in [-0.15, -0.1) is 12.4 Å². The molecule has 2 aromatic heterocycles. The molecular formula is C24H25ClN4O3. The van der Waals surface area contributed by atoms with Gasteiger partial charge in [0, 0.05) is 35.6 Å². The number of hydrogen-bond donors (Lipinski definition) is 2. The second-order valence-electron chi connectivity index (χ2n) is 7.18. The Morgan fingerprint density at radius 3 is 2.56 bits per heavy atom. The molecule has 0 saturated carbocycles. The number of halogens is 1. The number of pyridine rings is 1. The van der Waals surface area contributed by atoms with Crippen molar-refractivity contribution in [2.75, 3.05) is 19.0 Å². The van der Waals surface area contributed by atoms with Gasteiger partial charge in [0.05, 0.1) is 19.2 Å². The number of nitrogens with zero attached hydrogens (tertiary/aromatic N) is 3. The number of anilines is 2. The van der Waals surface area contributed by atoms with Gasteiger partial charge in [-0.3, -0.25) is 4.98 Å². The van der Waals surface area contributed by atoms with Gasteiger partial charge >= 0.3 is 0 Å². The van der Waals surface area contributed by atoms with E-state index in [4.69, 9.17) is 9.47 Å². The minimum Gasteiger partial charge on any atom is -0.508 e. The predicted octanol–water partition coefficient (Wildman–Crippen LogP) is 5.22. The van der Waals surface area contributed by atoms with Crippen molar-refractivity contribution in [3.05, 3.63) is 72.3 Å². The monoisotopic (exact) mass is 452 g/mol. The highest BCUT2D eigenvalue weighted by Crippen LogP contribution is 2.35. The SMILES string of the molecule is COc1cc2c(Nc3ccc(C)c(O)c3)ncnc2cc1OCCCc1ccncc1.Cl. The van der Waals surface area contributed by atoms with E-state index in [1.807, 2.05) is 43.3 Å². The van der Waals surface area contributed by atoms with Crippen LogP contribution in [0.1, 0.15) is 17.5 Å². The van der Waals surface area contributed by atoms with Gasteiger partial charge in [0.1, 0.15) is 17.9 Å². The van der Waals surface area contributed by atoms with Crippen molar-refractivity contribution in [3.8, 4) is 17.2 Å². The largest absolute Gasteiger partial charge is 0.508 e. The Bertz CT molecular complexity index is 1190. The maximum atomic E-state index is 9.97. The molecule has 7 nitrogen and oxygen atoms in total. The lowest BCUT2D eigenvalue weighted by molar-refractivity contribution is 0.290. The number of nitrogens with one attached hydrogen (secondary N) is 1. The fourth-order valence-corrected chi connectivity index (χ4v) is 3.27. The van der Waals surface area contributed by atoms with Crippen LogP contribution in [0.3, 0.4) is 0 Å². The second-order valence-corrected chi connectivity index (χ2v) is 7.18. The first-order valence-electron chi connectivity index (χ1n) is 10.0. The number of fused-ring (bicyclic) bond motifs is 1. The third kappa shape index (κ3) is 5.36. The zero-order valence-electron chi connectivity index (χ0n) is 17.9. The van der Waals surface area contributed by atoms with E-state index in [0.29, 0.717) is 23.9 Å². The van der Waals surface area contributed by atoms with Crippen LogP contribution in [0.4, 0.5) is 11.5 Å². The number of benzene rings is 2. The number of aryl methyl sites for hydroxylation is 2. The topological polar surface area (TPSA) is 89.4 Å². The van der Waals surface area contributed by atoms with E-state index in [2.05, 4.69) is 20.3 Å². The lowest BCUT2D eigenvalue weighted by atomic mass is 10.1. The molecule has 0 aliphatic carbocycles. The Hall–Kier alpha value is -3.58. The predicted molar refractivity (Wildman–Crippen MR) is 128 cm³/mol. The van der Waals surface area contributed by atoms with Crippen molar-refractivity contribution >= 4 is 34.8 Å². The number of phenolic OH excluding ortho intramolecular Hbond substituents is 1. The molecule has 0 saturated heterocycles. The van der Waals surface area contributed by atoms with Crippen LogP contribution in [0.15, 0.2) is 61.2 Å². The fraction of sp³-hybridized carbons (Fsp3) is 0.208. The van der Waals surface area contributed by atoms with Crippen LogP contribution in [0.5, 0.6) is 17.2 Å². The molecule has 0 bridgehead atoms. The summed E-state index contributed by atoms with van der Waals surface area (Å²) >= 11 is 0. The average molecular weight is 453 g/mol. The fourth-order valence-electron chi connectivity index (χ4n) is 3.27. The first kappa shape index (κ1) is 23.1. The van der Waals surface area contributed by atoms with Gasteiger partial charge in [-0.25, -0.2) is 9.97 Å². The van der Waals surface area contributed by atoms with E-state index in [-0.39, 0.29) is 18.2 Å². The first-order chi connectivity index (χ1) is 15.1. The number of rotatable bonds is 8. The zero-order chi connectivity index (χ0) is 21.6. The summed E-state index contributed by atoms with van der Waals surface area (Å²) in [4.78, 5) is 12.8. The van der Waals surface area contributed by atoms with Gasteiger partial charge < -0.3 is 19.9 Å². The van der Waals surface area contributed by atoms with Crippen LogP contribution in [0, 0.1) is 6.92 Å². The molecule has 4 rings (SSSR count). The molecule has 0 amide bonds. The van der Waals surface area contributed by atoms with Gasteiger partial charge in [0.25, 0.3) is 0 Å². The number of phenols is 1. The average Bonchev–Trinajstić information content (AvgIpc) is 2.79. The number of hydrogen-bond acceptors (Lipinski definition) is 7. The van der Waals surface area contributed by atoms with Crippen molar-refractivity contribution in [1.29, 1.82) is 0 Å². The van der Waals surface area contributed by atoms with Crippen LogP contribution in [0.25, 0.3) is 10.9 Å². The quantitative estimate of drug-likeness (QED) is 0.354. The second kappa shape index (κ2) is 10.6. The summed E-state index contributed by atoms with van der Waals surface area (Å²) in [5.74, 6) is 2.10. The molecule has 0 aliphatic heterocycles. The van der Waals surface area contributed by atoms with Crippen molar-refractivity contribution in [2.24, 2.45) is 0 Å². The summed E-state index contributed by atoms with van der Waals surface area (Å²) < 4.78 is 11.5. The van der Waals surface area contributed by atoms with Gasteiger partial charge in [-0.2, -0.15) is 0 Å². The normalized spacial score (nSPS) is 10.4. The Kier molecular flexibility index (Phi) is 7.68. The van der Waals surface area contributed by atoms with E-state index in [1.54, 1.807) is 25.6 Å². The van der Waals surface area contributed by atoms with Crippen LogP contribution in [-0.2, 0) is 6.42 Å². The van der Waals surface area contributed by atoms with E-state index < -0.39 is 0 Å². The molecule has 2 N–H and O–H groups in total. The number of aromatic hydroxyl groups is 1. The Balaban J connectivity index is 0.00000289. The Morgan fingerprint density at radius 2 is 1.81 bits per heavy atom. The summed E-state index contributed by atoms with van der Waals surface area (Å²) in [7, 11) is 1.61. The molecule has 2 heterocycles. The lowest BCUT2D eigenvalue weighted by Gasteiger charge is -2.14. The Morgan fingerprint density at radius 1 is 1.00 bits per heavy atom. The molecule has 0 atom stereocenters. The van der Waals surface area contributed by atoms with Crippen LogP contribution in [-0.4, -0.2) is 33.8 Å². The molecule has 166 valence electrons. The minimum atomic E-state index is 0. The highest BCUT2D eigenvalue weighted by atomic mass is 35.5. The third-order valence-electron chi connectivity index (χ3n) is 5.01. The molecule has 0 spiro atoms. The third-order valence-corrected chi connectivity index (χ3v) is 5.01. The van der Waals surface area contributed by atoms with Gasteiger partial charge in [0.2, 0.25) is 0 Å². The summed E-state index contributed by atoms with van der Waals surface area (Å²) in [5, 5.41) is 14.0. The zero-order valence-corrected chi connectivity index (χ0v) is 18.7. The summed E-state index contributed by atoms with van der Waals surface area (Å²) in [6.45, 7) is 2.41. The maximum absolute atomic E-state index is 9.97. The molecule has 0 unspecified atom stereocenters. The van der Waals surface area contributed by atoms with Crippen molar-refractivity contribution in [3.63, 3.8) is 0 Å². The van der Waals surface area contributed by atoms with Crippen LogP contribution in [0.2, 0.25) is 0 Å². The van der Waals surface area contributed by atoms with Gasteiger partial charge in [-0.05, 0) is 55.2 Å². The molecule has 32 heavy (non-hydrogen) atoms. The number of methoxy groups -OCH3 is 1. The number of ether oxygens (including phenoxy) is 2. The number of aromatic nitrogens is 3. The maximum Gasteiger partial charge on any atom is 0.163 e. The van der Waals surface area contributed by atoms with Crippen molar-refractivity contribution in [1.82, 2.24) is 15.0 Å². The molecule has 0 fully saturated rings. The van der Waals surface area contributed by atoms with E-state index >= 15 is 0 Å². The molecular weight excluding hydrogens is 428 g/mol. The van der Waals surface area contributed by atoms with E-state index in [1.165, 1.54) is 11.9 Å². The molecule has 0 radical (unpaired) electrons. The van der Waals surface area contributed by atoms with Crippen molar-refractivity contribution < 1.29 is 14.6 Å². The van der Waals surface area contributed by atoms with E-state index in [9.17, 15) is 5.11 Å². The van der Waals surface area contributed by atoms with Crippen molar-refractivity contribution in [2.45, 2.75) is 19.8 Å². The standard InChI is InChI=1S/C24H24N4O3.ClH/c1-16-5-6-18(12-21(16)29)28-24-19-13-22(30-2)23(14-20(19)26-15-27-24)31-11-3-4-17-7-9-25-10-8-17;/h5-10,12-15,29H,3-4,11H2,1-2H3,(H,26,27,28);1H. The molecule has 8 heteroatoms. The molecule has 2 aromatic carbocycles. The van der Waals surface area contributed by atoms with Crippen LogP contribution >= 0.6 is 12.4 Å². The lowest BCUT2D eigenvalue weighted by Crippen LogP contribution is -2.02. The van der Waals surface area contributed by atoms with Gasteiger partial charge in [-0.1, -0.05) is 6.07 Å². The smallest absolute Gasteiger partial charge is 0.163 e. The molecule has 0 aliphatic rings. The summed E-state index contributed by atoms with van der Waals surface area (Å²) in [6, 6.07) is 13.1. The van der Waals surface area contributed by atoms with Crippen LogP contribution < -0.4 is 14.8 Å².